The van der Waals surface area contributed by atoms with Crippen molar-refractivity contribution in [3.8, 4) is 0 Å². The molecule has 1 N–H and O–H groups in total. The van der Waals surface area contributed by atoms with Crippen LogP contribution in [0, 0.1) is 17.3 Å². The molecule has 1 unspecified atom stereocenters. The Morgan fingerprint density at radius 1 is 1.07 bits per heavy atom. The molecule has 0 aromatic carbocycles. The molecule has 1 aliphatic carbocycles. The number of nitrogens with one attached hydrogen (secondary N) is 1. The van der Waals surface area contributed by atoms with Crippen molar-refractivity contribution in [2.75, 3.05) is 13.1 Å². The Hall–Kier alpha value is -0.0400. The van der Waals surface area contributed by atoms with Crippen molar-refractivity contribution in [1.29, 1.82) is 0 Å². The third kappa shape index (κ3) is 2.13. The van der Waals surface area contributed by atoms with Gasteiger partial charge in [-0.3, -0.25) is 0 Å². The second-order valence-electron chi connectivity index (χ2n) is 5.95. The van der Waals surface area contributed by atoms with E-state index in [9.17, 15) is 0 Å². The summed E-state index contributed by atoms with van der Waals surface area (Å²) in [4.78, 5) is 0. The van der Waals surface area contributed by atoms with E-state index < -0.39 is 0 Å². The standard InChI is InChI=1S/C13H25N/c1-13(2)8-9-14-10-12(13)11-6-4-3-5-7-11/h11-12,14H,3-10H2,1-2H3. The average molecular weight is 195 g/mol. The van der Waals surface area contributed by atoms with Crippen LogP contribution in [0.2, 0.25) is 0 Å². The van der Waals surface area contributed by atoms with E-state index in [1.807, 2.05) is 0 Å². The molecular weight excluding hydrogens is 170 g/mol. The lowest BCUT2D eigenvalue weighted by molar-refractivity contribution is 0.0745. The van der Waals surface area contributed by atoms with Crippen molar-refractivity contribution in [3.05, 3.63) is 0 Å². The molecular formula is C13H25N. The Morgan fingerprint density at radius 3 is 2.43 bits per heavy atom. The molecule has 0 aromatic rings. The SMILES string of the molecule is CC1(C)CCNCC1C1CCCCC1. The highest BCUT2D eigenvalue weighted by Gasteiger charge is 2.37. The van der Waals surface area contributed by atoms with Crippen LogP contribution in [0.4, 0.5) is 0 Å². The predicted octanol–water partition coefficient (Wildman–Crippen LogP) is 3.20. The Bertz CT molecular complexity index is 180. The molecule has 1 heteroatoms. The minimum atomic E-state index is 0.591. The van der Waals surface area contributed by atoms with Crippen LogP contribution in [0.25, 0.3) is 0 Å². The summed E-state index contributed by atoms with van der Waals surface area (Å²) < 4.78 is 0. The molecule has 82 valence electrons. The zero-order chi connectivity index (χ0) is 10.0. The topological polar surface area (TPSA) is 12.0 Å². The molecule has 0 aromatic heterocycles. The van der Waals surface area contributed by atoms with Crippen molar-refractivity contribution >= 4 is 0 Å². The first-order chi connectivity index (χ1) is 6.70. The summed E-state index contributed by atoms with van der Waals surface area (Å²) in [6, 6.07) is 0. The van der Waals surface area contributed by atoms with Gasteiger partial charge in [-0.2, -0.15) is 0 Å². The third-order valence-electron chi connectivity index (χ3n) is 4.53. The second kappa shape index (κ2) is 4.22. The Labute approximate surface area is 88.7 Å². The number of hydrogen-bond donors (Lipinski definition) is 1. The molecule has 14 heavy (non-hydrogen) atoms. The molecule has 0 amide bonds. The number of piperidine rings is 1. The molecule has 1 nitrogen and oxygen atoms in total. The second-order valence-corrected chi connectivity index (χ2v) is 5.95. The summed E-state index contributed by atoms with van der Waals surface area (Å²) in [5, 5.41) is 3.59. The van der Waals surface area contributed by atoms with Gasteiger partial charge in [0.15, 0.2) is 0 Å². The zero-order valence-corrected chi connectivity index (χ0v) is 9.81. The quantitative estimate of drug-likeness (QED) is 0.677. The molecule has 2 rings (SSSR count). The van der Waals surface area contributed by atoms with Gasteiger partial charge in [-0.15, -0.1) is 0 Å². The van der Waals surface area contributed by atoms with E-state index in [4.69, 9.17) is 0 Å². The molecule has 1 heterocycles. The van der Waals surface area contributed by atoms with E-state index in [0.717, 1.165) is 11.8 Å². The van der Waals surface area contributed by atoms with Gasteiger partial charge in [-0.25, -0.2) is 0 Å². The van der Waals surface area contributed by atoms with Gasteiger partial charge in [0.1, 0.15) is 0 Å². The largest absolute Gasteiger partial charge is 0.316 e. The van der Waals surface area contributed by atoms with E-state index in [1.165, 1.54) is 51.6 Å². The van der Waals surface area contributed by atoms with Crippen LogP contribution in [0.3, 0.4) is 0 Å². The first-order valence-electron chi connectivity index (χ1n) is 6.41. The van der Waals surface area contributed by atoms with E-state index >= 15 is 0 Å². The summed E-state index contributed by atoms with van der Waals surface area (Å²) in [7, 11) is 0. The van der Waals surface area contributed by atoms with Crippen LogP contribution in [0.5, 0.6) is 0 Å². The molecule has 1 saturated heterocycles. The minimum Gasteiger partial charge on any atom is -0.316 e. The maximum Gasteiger partial charge on any atom is -0.00127 e. The number of hydrogen-bond acceptors (Lipinski definition) is 1. The molecule has 1 atom stereocenters. The van der Waals surface area contributed by atoms with Gasteiger partial charge in [0.2, 0.25) is 0 Å². The van der Waals surface area contributed by atoms with E-state index in [0.29, 0.717) is 5.41 Å². The summed E-state index contributed by atoms with van der Waals surface area (Å²) in [5.74, 6) is 1.96. The summed E-state index contributed by atoms with van der Waals surface area (Å²) in [5.41, 5.74) is 0.591. The van der Waals surface area contributed by atoms with Crippen LogP contribution in [-0.2, 0) is 0 Å². The normalized spacial score (nSPS) is 34.3. The molecule has 1 aliphatic heterocycles. The van der Waals surface area contributed by atoms with E-state index in [-0.39, 0.29) is 0 Å². The molecule has 1 saturated carbocycles. The van der Waals surface area contributed by atoms with Gasteiger partial charge in [0.05, 0.1) is 0 Å². The molecule has 0 bridgehead atoms. The Kier molecular flexibility index (Phi) is 3.16. The van der Waals surface area contributed by atoms with E-state index in [2.05, 4.69) is 19.2 Å². The summed E-state index contributed by atoms with van der Waals surface area (Å²) in [6.45, 7) is 7.47. The summed E-state index contributed by atoms with van der Waals surface area (Å²) >= 11 is 0. The van der Waals surface area contributed by atoms with Crippen LogP contribution in [0.1, 0.15) is 52.4 Å². The van der Waals surface area contributed by atoms with Crippen molar-refractivity contribution < 1.29 is 0 Å². The lowest BCUT2D eigenvalue weighted by Crippen LogP contribution is -2.45. The number of rotatable bonds is 1. The fourth-order valence-corrected chi connectivity index (χ4v) is 3.47. The zero-order valence-electron chi connectivity index (χ0n) is 9.81. The Balaban J connectivity index is 1.99. The van der Waals surface area contributed by atoms with Gasteiger partial charge in [0.25, 0.3) is 0 Å². The first-order valence-corrected chi connectivity index (χ1v) is 6.41. The third-order valence-corrected chi connectivity index (χ3v) is 4.53. The first kappa shape index (κ1) is 10.5. The van der Waals surface area contributed by atoms with Gasteiger partial charge < -0.3 is 5.32 Å². The highest BCUT2D eigenvalue weighted by molar-refractivity contribution is 4.89. The van der Waals surface area contributed by atoms with Gasteiger partial charge in [-0.05, 0) is 36.8 Å². The fraction of sp³-hybridized carbons (Fsp3) is 1.00. The fourth-order valence-electron chi connectivity index (χ4n) is 3.47. The monoisotopic (exact) mass is 195 g/mol. The molecule has 2 aliphatic rings. The van der Waals surface area contributed by atoms with Gasteiger partial charge in [0, 0.05) is 0 Å². The maximum absolute atomic E-state index is 3.59. The van der Waals surface area contributed by atoms with E-state index in [1.54, 1.807) is 0 Å². The maximum atomic E-state index is 3.59. The van der Waals surface area contributed by atoms with Crippen molar-refractivity contribution in [2.45, 2.75) is 52.4 Å². The molecule has 0 spiro atoms. The highest BCUT2D eigenvalue weighted by atomic mass is 14.9. The van der Waals surface area contributed by atoms with Crippen molar-refractivity contribution in [3.63, 3.8) is 0 Å². The van der Waals surface area contributed by atoms with Gasteiger partial charge >= 0.3 is 0 Å². The molecule has 2 fully saturated rings. The lowest BCUT2D eigenvalue weighted by atomic mass is 9.64. The Morgan fingerprint density at radius 2 is 1.79 bits per heavy atom. The van der Waals surface area contributed by atoms with Crippen LogP contribution >= 0.6 is 0 Å². The highest BCUT2D eigenvalue weighted by Crippen LogP contribution is 2.42. The van der Waals surface area contributed by atoms with Crippen LogP contribution in [0.15, 0.2) is 0 Å². The summed E-state index contributed by atoms with van der Waals surface area (Å²) in [6.07, 6.45) is 8.81. The van der Waals surface area contributed by atoms with Crippen molar-refractivity contribution in [1.82, 2.24) is 5.32 Å². The minimum absolute atomic E-state index is 0.591. The smallest absolute Gasteiger partial charge is 0.00127 e. The van der Waals surface area contributed by atoms with Crippen LogP contribution < -0.4 is 5.32 Å². The predicted molar refractivity (Wildman–Crippen MR) is 61.3 cm³/mol. The lowest BCUT2D eigenvalue weighted by Gasteiger charge is -2.44. The average Bonchev–Trinajstić information content (AvgIpc) is 2.18. The molecule has 0 radical (unpaired) electrons. The van der Waals surface area contributed by atoms with Crippen LogP contribution in [-0.4, -0.2) is 13.1 Å². The van der Waals surface area contributed by atoms with Gasteiger partial charge in [-0.1, -0.05) is 46.0 Å². The van der Waals surface area contributed by atoms with Crippen molar-refractivity contribution in [2.24, 2.45) is 17.3 Å².